The van der Waals surface area contributed by atoms with E-state index in [0.717, 1.165) is 45.4 Å². The number of nitro groups is 1. The van der Waals surface area contributed by atoms with Gasteiger partial charge in [-0.15, -0.1) is 0 Å². The number of carbonyl (C=O) groups excluding carboxylic acids is 1. The van der Waals surface area contributed by atoms with Crippen LogP contribution in [0.3, 0.4) is 0 Å². The molecule has 0 radical (unpaired) electrons. The monoisotopic (exact) mass is 319 g/mol. The Balaban J connectivity index is 1.72. The summed E-state index contributed by atoms with van der Waals surface area (Å²) in [5.74, 6) is -0.295. The Morgan fingerprint density at radius 2 is 2.13 bits per heavy atom. The highest BCUT2D eigenvalue weighted by molar-refractivity contribution is 5.95. The van der Waals surface area contributed by atoms with Gasteiger partial charge in [-0.05, 0) is 37.8 Å². The van der Waals surface area contributed by atoms with Crippen molar-refractivity contribution in [3.63, 3.8) is 0 Å². The van der Waals surface area contributed by atoms with E-state index in [4.69, 9.17) is 4.74 Å². The summed E-state index contributed by atoms with van der Waals surface area (Å²) in [4.78, 5) is 25.1. The van der Waals surface area contributed by atoms with Crippen LogP contribution in [0.2, 0.25) is 0 Å². The molecule has 2 heterocycles. The largest absolute Gasteiger partial charge is 0.376 e. The average Bonchev–Trinajstić information content (AvgIpc) is 3.25. The first-order chi connectivity index (χ1) is 11.1. The molecule has 0 bridgehead atoms. The molecule has 1 N–H and O–H groups in total. The molecule has 124 valence electrons. The van der Waals surface area contributed by atoms with Crippen molar-refractivity contribution < 1.29 is 14.5 Å². The van der Waals surface area contributed by atoms with E-state index in [-0.39, 0.29) is 17.7 Å². The smallest absolute Gasteiger partial charge is 0.293 e. The highest BCUT2D eigenvalue weighted by Crippen LogP contribution is 2.31. The molecule has 1 atom stereocenters. The molecular formula is C16H21N3O4. The maximum atomic E-state index is 12.2. The fourth-order valence-electron chi connectivity index (χ4n) is 3.15. The minimum atomic E-state index is -0.412. The summed E-state index contributed by atoms with van der Waals surface area (Å²) in [7, 11) is 0. The van der Waals surface area contributed by atoms with Crippen molar-refractivity contribution in [3.05, 3.63) is 33.9 Å². The first-order valence-electron chi connectivity index (χ1n) is 8.08. The van der Waals surface area contributed by atoms with E-state index in [1.165, 1.54) is 6.07 Å². The normalized spacial score (nSPS) is 20.7. The first-order valence-corrected chi connectivity index (χ1v) is 8.08. The van der Waals surface area contributed by atoms with Gasteiger partial charge in [-0.3, -0.25) is 14.9 Å². The van der Waals surface area contributed by atoms with Gasteiger partial charge < -0.3 is 15.0 Å². The van der Waals surface area contributed by atoms with E-state index >= 15 is 0 Å². The zero-order valence-corrected chi connectivity index (χ0v) is 13.0. The summed E-state index contributed by atoms with van der Waals surface area (Å²) in [6.07, 6.45) is 4.09. The van der Waals surface area contributed by atoms with Gasteiger partial charge >= 0.3 is 0 Å². The van der Waals surface area contributed by atoms with E-state index in [1.807, 2.05) is 4.90 Å². The zero-order valence-electron chi connectivity index (χ0n) is 13.0. The lowest BCUT2D eigenvalue weighted by atomic mass is 10.1. The summed E-state index contributed by atoms with van der Waals surface area (Å²) in [6.45, 7) is 2.83. The summed E-state index contributed by atoms with van der Waals surface area (Å²) < 4.78 is 5.46. The van der Waals surface area contributed by atoms with Crippen molar-refractivity contribution in [1.82, 2.24) is 5.32 Å². The Hall–Kier alpha value is -2.15. The molecular weight excluding hydrogens is 298 g/mol. The molecule has 7 heteroatoms. The van der Waals surface area contributed by atoms with Crippen LogP contribution in [-0.4, -0.2) is 43.2 Å². The lowest BCUT2D eigenvalue weighted by molar-refractivity contribution is -0.384. The molecule has 7 nitrogen and oxygen atoms in total. The summed E-state index contributed by atoms with van der Waals surface area (Å²) in [6, 6.07) is 4.72. The number of anilines is 1. The Morgan fingerprint density at radius 3 is 2.78 bits per heavy atom. The maximum absolute atomic E-state index is 12.2. The number of rotatable bonds is 5. The minimum absolute atomic E-state index is 0.00309. The molecule has 3 rings (SSSR count). The van der Waals surface area contributed by atoms with Crippen LogP contribution < -0.4 is 10.2 Å². The van der Waals surface area contributed by atoms with E-state index in [1.54, 1.807) is 12.1 Å². The molecule has 2 fully saturated rings. The summed E-state index contributed by atoms with van der Waals surface area (Å²) in [5.41, 5.74) is 0.914. The van der Waals surface area contributed by atoms with Crippen molar-refractivity contribution in [1.29, 1.82) is 0 Å². The minimum Gasteiger partial charge on any atom is -0.376 e. The number of hydrogen-bond donors (Lipinski definition) is 1. The van der Waals surface area contributed by atoms with E-state index in [9.17, 15) is 14.9 Å². The Bertz CT molecular complexity index is 593. The molecule has 0 aliphatic carbocycles. The summed E-state index contributed by atoms with van der Waals surface area (Å²) in [5, 5.41) is 14.1. The second-order valence-corrected chi connectivity index (χ2v) is 6.00. The lowest BCUT2D eigenvalue weighted by Crippen LogP contribution is -2.31. The van der Waals surface area contributed by atoms with Crippen LogP contribution in [0.1, 0.15) is 36.0 Å². The third kappa shape index (κ3) is 3.61. The van der Waals surface area contributed by atoms with Crippen molar-refractivity contribution in [2.45, 2.75) is 31.8 Å². The SMILES string of the molecule is O=C(NC[C@H]1CCCO1)c1ccc(N2CCCC2)c([N+](=O)[O-])c1. The predicted octanol–water partition coefficient (Wildman–Crippen LogP) is 2.10. The van der Waals surface area contributed by atoms with Crippen LogP contribution >= 0.6 is 0 Å². The number of amides is 1. The number of nitrogens with one attached hydrogen (secondary N) is 1. The predicted molar refractivity (Wildman–Crippen MR) is 85.9 cm³/mol. The molecule has 0 spiro atoms. The van der Waals surface area contributed by atoms with Crippen LogP contribution in [0.15, 0.2) is 18.2 Å². The van der Waals surface area contributed by atoms with Crippen LogP contribution in [0.5, 0.6) is 0 Å². The van der Waals surface area contributed by atoms with E-state index in [2.05, 4.69) is 5.32 Å². The molecule has 1 aromatic carbocycles. The topological polar surface area (TPSA) is 84.7 Å². The fourth-order valence-corrected chi connectivity index (χ4v) is 3.15. The van der Waals surface area contributed by atoms with Gasteiger partial charge in [-0.1, -0.05) is 0 Å². The second kappa shape index (κ2) is 6.95. The fraction of sp³-hybridized carbons (Fsp3) is 0.562. The van der Waals surface area contributed by atoms with Gasteiger partial charge in [0.25, 0.3) is 11.6 Å². The molecule has 2 aliphatic rings. The van der Waals surface area contributed by atoms with E-state index < -0.39 is 4.92 Å². The van der Waals surface area contributed by atoms with Crippen LogP contribution in [0, 0.1) is 10.1 Å². The molecule has 0 unspecified atom stereocenters. The van der Waals surface area contributed by atoms with E-state index in [0.29, 0.717) is 17.8 Å². The van der Waals surface area contributed by atoms with Crippen molar-refractivity contribution in [3.8, 4) is 0 Å². The van der Waals surface area contributed by atoms with Crippen LogP contribution in [-0.2, 0) is 4.74 Å². The summed E-state index contributed by atoms with van der Waals surface area (Å²) >= 11 is 0. The Kier molecular flexibility index (Phi) is 4.76. The van der Waals surface area contributed by atoms with Gasteiger partial charge in [0.2, 0.25) is 0 Å². The molecule has 2 saturated heterocycles. The molecule has 1 aromatic rings. The zero-order chi connectivity index (χ0) is 16.2. The number of ether oxygens (including phenoxy) is 1. The van der Waals surface area contributed by atoms with Gasteiger partial charge in [0, 0.05) is 37.9 Å². The number of nitrogens with zero attached hydrogens (tertiary/aromatic N) is 2. The first kappa shape index (κ1) is 15.7. The molecule has 0 aromatic heterocycles. The third-order valence-corrected chi connectivity index (χ3v) is 4.40. The quantitative estimate of drug-likeness (QED) is 0.663. The van der Waals surface area contributed by atoms with Gasteiger partial charge in [-0.25, -0.2) is 0 Å². The second-order valence-electron chi connectivity index (χ2n) is 6.00. The number of carbonyl (C=O) groups is 1. The van der Waals surface area contributed by atoms with Gasteiger partial charge in [-0.2, -0.15) is 0 Å². The molecule has 23 heavy (non-hydrogen) atoms. The lowest BCUT2D eigenvalue weighted by Gasteiger charge is -2.18. The number of benzene rings is 1. The van der Waals surface area contributed by atoms with Crippen LogP contribution in [0.25, 0.3) is 0 Å². The third-order valence-electron chi connectivity index (χ3n) is 4.40. The standard InChI is InChI=1S/C16H21N3O4/c20-16(17-11-13-4-3-9-23-13)12-5-6-14(15(10-12)19(21)22)18-7-1-2-8-18/h5-6,10,13H,1-4,7-9,11H2,(H,17,20)/t13-/m1/s1. The van der Waals surface area contributed by atoms with Crippen molar-refractivity contribution in [2.75, 3.05) is 31.1 Å². The van der Waals surface area contributed by atoms with Gasteiger partial charge in [0.1, 0.15) is 5.69 Å². The van der Waals surface area contributed by atoms with Gasteiger partial charge in [0.15, 0.2) is 0 Å². The highest BCUT2D eigenvalue weighted by Gasteiger charge is 2.24. The number of hydrogen-bond acceptors (Lipinski definition) is 5. The Labute approximate surface area is 134 Å². The maximum Gasteiger partial charge on any atom is 0.293 e. The number of nitro benzene ring substituents is 1. The van der Waals surface area contributed by atoms with Crippen molar-refractivity contribution in [2.24, 2.45) is 0 Å². The molecule has 0 saturated carbocycles. The average molecular weight is 319 g/mol. The van der Waals surface area contributed by atoms with Crippen LogP contribution in [0.4, 0.5) is 11.4 Å². The molecule has 1 amide bonds. The Morgan fingerprint density at radius 1 is 1.35 bits per heavy atom. The van der Waals surface area contributed by atoms with Gasteiger partial charge in [0.05, 0.1) is 11.0 Å². The molecule has 2 aliphatic heterocycles. The van der Waals surface area contributed by atoms with Crippen molar-refractivity contribution >= 4 is 17.3 Å². The highest BCUT2D eigenvalue weighted by atomic mass is 16.6.